The van der Waals surface area contributed by atoms with Gasteiger partial charge in [0.15, 0.2) is 0 Å². The van der Waals surface area contributed by atoms with Gasteiger partial charge in [-0.2, -0.15) is 0 Å². The van der Waals surface area contributed by atoms with E-state index >= 15 is 0 Å². The van der Waals surface area contributed by atoms with E-state index in [9.17, 15) is 4.79 Å². The minimum Gasteiger partial charge on any atom is -0.495 e. The number of carbonyl (C=O) groups excluding carboxylic acids is 1. The van der Waals surface area contributed by atoms with Crippen LogP contribution in [0, 0.1) is 0 Å². The van der Waals surface area contributed by atoms with Gasteiger partial charge in [-0.3, -0.25) is 4.79 Å². The van der Waals surface area contributed by atoms with E-state index in [1.165, 1.54) is 6.92 Å². The van der Waals surface area contributed by atoms with E-state index in [4.69, 9.17) is 4.74 Å². The van der Waals surface area contributed by atoms with Gasteiger partial charge in [-0.25, -0.2) is 0 Å². The lowest BCUT2D eigenvalue weighted by Crippen LogP contribution is -2.21. The van der Waals surface area contributed by atoms with Crippen LogP contribution in [0.2, 0.25) is 0 Å². The van der Waals surface area contributed by atoms with E-state index in [2.05, 4.69) is 24.5 Å². The fraction of sp³-hybridized carbons (Fsp3) is 0.462. The molecule has 1 aromatic carbocycles. The molecule has 1 aromatic rings. The van der Waals surface area contributed by atoms with Crippen LogP contribution in [0.3, 0.4) is 0 Å². The van der Waals surface area contributed by atoms with E-state index in [0.717, 1.165) is 12.1 Å². The molecule has 0 heterocycles. The van der Waals surface area contributed by atoms with Gasteiger partial charge in [0.1, 0.15) is 5.75 Å². The van der Waals surface area contributed by atoms with Gasteiger partial charge in [0.25, 0.3) is 0 Å². The van der Waals surface area contributed by atoms with Crippen LogP contribution in [0.1, 0.15) is 26.3 Å². The van der Waals surface area contributed by atoms with Crippen LogP contribution in [0.5, 0.6) is 5.75 Å². The van der Waals surface area contributed by atoms with Gasteiger partial charge in [0.05, 0.1) is 12.8 Å². The molecule has 0 aromatic heterocycles. The van der Waals surface area contributed by atoms with Crippen LogP contribution in [-0.2, 0) is 11.3 Å². The third-order valence-corrected chi connectivity index (χ3v) is 2.29. The highest BCUT2D eigenvalue weighted by molar-refractivity contribution is 5.90. The minimum atomic E-state index is -0.0998. The number of nitrogens with one attached hydrogen (secondary N) is 2. The van der Waals surface area contributed by atoms with Gasteiger partial charge in [-0.15, -0.1) is 0 Å². The maximum Gasteiger partial charge on any atom is 0.221 e. The molecule has 0 fully saturated rings. The van der Waals surface area contributed by atoms with Crippen molar-refractivity contribution in [3.63, 3.8) is 0 Å². The van der Waals surface area contributed by atoms with Crippen molar-refractivity contribution < 1.29 is 9.53 Å². The fourth-order valence-electron chi connectivity index (χ4n) is 1.47. The summed E-state index contributed by atoms with van der Waals surface area (Å²) in [4.78, 5) is 11.1. The zero-order chi connectivity index (χ0) is 12.8. The highest BCUT2D eigenvalue weighted by Gasteiger charge is 2.06. The average molecular weight is 236 g/mol. The van der Waals surface area contributed by atoms with Gasteiger partial charge in [-0.05, 0) is 17.7 Å². The van der Waals surface area contributed by atoms with Crippen molar-refractivity contribution in [1.82, 2.24) is 5.32 Å². The number of ether oxygens (including phenoxy) is 1. The maximum atomic E-state index is 11.1. The number of carbonyl (C=O) groups is 1. The van der Waals surface area contributed by atoms with Crippen molar-refractivity contribution in [2.45, 2.75) is 33.4 Å². The highest BCUT2D eigenvalue weighted by atomic mass is 16.5. The summed E-state index contributed by atoms with van der Waals surface area (Å²) in [6.45, 7) is 6.45. The molecule has 4 nitrogen and oxygen atoms in total. The molecule has 0 saturated carbocycles. The number of benzene rings is 1. The van der Waals surface area contributed by atoms with Gasteiger partial charge in [-0.1, -0.05) is 19.9 Å². The van der Waals surface area contributed by atoms with Gasteiger partial charge in [0.2, 0.25) is 5.91 Å². The van der Waals surface area contributed by atoms with E-state index < -0.39 is 0 Å². The van der Waals surface area contributed by atoms with Gasteiger partial charge < -0.3 is 15.4 Å². The lowest BCUT2D eigenvalue weighted by atomic mass is 10.1. The minimum absolute atomic E-state index is 0.0998. The lowest BCUT2D eigenvalue weighted by Gasteiger charge is -2.12. The predicted octanol–water partition coefficient (Wildman–Crippen LogP) is 2.15. The summed E-state index contributed by atoms with van der Waals surface area (Å²) >= 11 is 0. The van der Waals surface area contributed by atoms with E-state index in [1.54, 1.807) is 7.11 Å². The van der Waals surface area contributed by atoms with Crippen molar-refractivity contribution in [2.24, 2.45) is 0 Å². The second kappa shape index (κ2) is 6.25. The second-order valence-electron chi connectivity index (χ2n) is 4.25. The number of anilines is 1. The first-order chi connectivity index (χ1) is 8.02. The van der Waals surface area contributed by atoms with Crippen LogP contribution in [0.4, 0.5) is 5.69 Å². The zero-order valence-electron chi connectivity index (χ0n) is 10.8. The summed E-state index contributed by atoms with van der Waals surface area (Å²) < 4.78 is 5.19. The molecule has 0 radical (unpaired) electrons. The predicted molar refractivity (Wildman–Crippen MR) is 69.3 cm³/mol. The molecular formula is C13H20N2O2. The molecule has 4 heteroatoms. The summed E-state index contributed by atoms with van der Waals surface area (Å²) in [6.07, 6.45) is 0. The van der Waals surface area contributed by atoms with Crippen molar-refractivity contribution in [3.8, 4) is 5.75 Å². The Kier molecular flexibility index (Phi) is 4.97. The summed E-state index contributed by atoms with van der Waals surface area (Å²) in [5.74, 6) is 0.575. The summed E-state index contributed by atoms with van der Waals surface area (Å²) in [7, 11) is 1.59. The number of methoxy groups -OCH3 is 1. The quantitative estimate of drug-likeness (QED) is 0.823. The molecule has 0 aliphatic rings. The number of amides is 1. The first-order valence-electron chi connectivity index (χ1n) is 5.71. The Morgan fingerprint density at radius 3 is 2.65 bits per heavy atom. The molecule has 0 saturated heterocycles. The van der Waals surface area contributed by atoms with Crippen molar-refractivity contribution in [3.05, 3.63) is 23.8 Å². The van der Waals surface area contributed by atoms with Gasteiger partial charge >= 0.3 is 0 Å². The van der Waals surface area contributed by atoms with Crippen LogP contribution < -0.4 is 15.4 Å². The highest BCUT2D eigenvalue weighted by Crippen LogP contribution is 2.25. The SMILES string of the molecule is COc1ccc(CNC(C)C)cc1NC(C)=O. The smallest absolute Gasteiger partial charge is 0.221 e. The van der Waals surface area contributed by atoms with Crippen molar-refractivity contribution in [2.75, 3.05) is 12.4 Å². The molecule has 0 atom stereocenters. The van der Waals surface area contributed by atoms with Crippen LogP contribution in [-0.4, -0.2) is 19.1 Å². The molecule has 1 amide bonds. The Hall–Kier alpha value is -1.55. The molecular weight excluding hydrogens is 216 g/mol. The number of hydrogen-bond donors (Lipinski definition) is 2. The molecule has 0 aliphatic carbocycles. The molecule has 94 valence electrons. The largest absolute Gasteiger partial charge is 0.495 e. The molecule has 2 N–H and O–H groups in total. The summed E-state index contributed by atoms with van der Waals surface area (Å²) in [6, 6.07) is 6.21. The fourth-order valence-corrected chi connectivity index (χ4v) is 1.47. The zero-order valence-corrected chi connectivity index (χ0v) is 10.8. The maximum absolute atomic E-state index is 11.1. The third kappa shape index (κ3) is 4.44. The summed E-state index contributed by atoms with van der Waals surface area (Å²) in [5.41, 5.74) is 1.83. The number of rotatable bonds is 5. The molecule has 0 aliphatic heterocycles. The summed E-state index contributed by atoms with van der Waals surface area (Å²) in [5, 5.41) is 6.09. The van der Waals surface area contributed by atoms with E-state index in [0.29, 0.717) is 17.5 Å². The second-order valence-corrected chi connectivity index (χ2v) is 4.25. The molecule has 17 heavy (non-hydrogen) atoms. The Labute approximate surface area is 102 Å². The first-order valence-corrected chi connectivity index (χ1v) is 5.71. The van der Waals surface area contributed by atoms with E-state index in [1.807, 2.05) is 18.2 Å². The van der Waals surface area contributed by atoms with Crippen LogP contribution in [0.15, 0.2) is 18.2 Å². The molecule has 0 bridgehead atoms. The normalized spacial score (nSPS) is 10.4. The monoisotopic (exact) mass is 236 g/mol. The third-order valence-electron chi connectivity index (χ3n) is 2.29. The van der Waals surface area contributed by atoms with Crippen molar-refractivity contribution in [1.29, 1.82) is 0 Å². The standard InChI is InChI=1S/C13H20N2O2/c1-9(2)14-8-11-5-6-13(17-4)12(7-11)15-10(3)16/h5-7,9,14H,8H2,1-4H3,(H,15,16). The topological polar surface area (TPSA) is 50.4 Å². The Morgan fingerprint density at radius 1 is 1.41 bits per heavy atom. The number of hydrogen-bond acceptors (Lipinski definition) is 3. The van der Waals surface area contributed by atoms with Gasteiger partial charge in [0, 0.05) is 19.5 Å². The molecule has 1 rings (SSSR count). The average Bonchev–Trinajstić information content (AvgIpc) is 2.25. The Morgan fingerprint density at radius 2 is 2.12 bits per heavy atom. The lowest BCUT2D eigenvalue weighted by molar-refractivity contribution is -0.114. The van der Waals surface area contributed by atoms with E-state index in [-0.39, 0.29) is 5.91 Å². The van der Waals surface area contributed by atoms with Crippen molar-refractivity contribution >= 4 is 11.6 Å². The first kappa shape index (κ1) is 13.5. The molecule has 0 spiro atoms. The Balaban J connectivity index is 2.84. The molecule has 0 unspecified atom stereocenters. The van der Waals surface area contributed by atoms with Crippen LogP contribution in [0.25, 0.3) is 0 Å². The van der Waals surface area contributed by atoms with Crippen LogP contribution >= 0.6 is 0 Å². The Bertz CT molecular complexity index is 389.